The van der Waals surface area contributed by atoms with E-state index in [-0.39, 0.29) is 5.91 Å². The van der Waals surface area contributed by atoms with E-state index >= 15 is 0 Å². The zero-order valence-electron chi connectivity index (χ0n) is 15.1. The van der Waals surface area contributed by atoms with Gasteiger partial charge in [0.15, 0.2) is 0 Å². The monoisotopic (exact) mass is 356 g/mol. The molecule has 1 aliphatic rings. The van der Waals surface area contributed by atoms with E-state index in [1.807, 2.05) is 85.8 Å². The van der Waals surface area contributed by atoms with Crippen LogP contribution in [-0.4, -0.2) is 11.6 Å². The van der Waals surface area contributed by atoms with Gasteiger partial charge in [-0.3, -0.25) is 4.79 Å². The molecule has 0 unspecified atom stereocenters. The molecule has 0 bridgehead atoms. The summed E-state index contributed by atoms with van der Waals surface area (Å²) in [6.07, 6.45) is 0.315. The first kappa shape index (κ1) is 17.0. The molecule has 4 heteroatoms. The quantitative estimate of drug-likeness (QED) is 0.664. The van der Waals surface area contributed by atoms with Crippen molar-refractivity contribution in [1.82, 2.24) is 0 Å². The first-order valence-corrected chi connectivity index (χ1v) is 8.93. The first-order chi connectivity index (χ1) is 13.2. The van der Waals surface area contributed by atoms with Crippen LogP contribution in [0.5, 0.6) is 5.75 Å². The van der Waals surface area contributed by atoms with Gasteiger partial charge in [0.2, 0.25) is 0 Å². The number of rotatable bonds is 5. The summed E-state index contributed by atoms with van der Waals surface area (Å²) in [5.41, 5.74) is 4.83. The first-order valence-electron chi connectivity index (χ1n) is 8.93. The van der Waals surface area contributed by atoms with Gasteiger partial charge in [0.1, 0.15) is 12.4 Å². The fraction of sp³-hybridized carbons (Fsp3) is 0.130. The van der Waals surface area contributed by atoms with Gasteiger partial charge in [0.05, 0.1) is 17.8 Å². The Morgan fingerprint density at radius 3 is 2.33 bits per heavy atom. The second kappa shape index (κ2) is 7.46. The summed E-state index contributed by atoms with van der Waals surface area (Å²) >= 11 is 0. The number of aryl methyl sites for hydroxylation is 1. The second-order valence-electron chi connectivity index (χ2n) is 6.56. The summed E-state index contributed by atoms with van der Waals surface area (Å²) < 4.78 is 5.80. The summed E-state index contributed by atoms with van der Waals surface area (Å²) in [4.78, 5) is 12.4. The van der Waals surface area contributed by atoms with Crippen molar-refractivity contribution in [2.24, 2.45) is 5.10 Å². The molecular formula is C23H20N2O2. The van der Waals surface area contributed by atoms with Gasteiger partial charge in [-0.05, 0) is 42.3 Å². The number of carbonyl (C=O) groups excluding carboxylic acids is 1. The summed E-state index contributed by atoms with van der Waals surface area (Å²) in [6, 6.07) is 25.5. The van der Waals surface area contributed by atoms with E-state index < -0.39 is 0 Å². The molecule has 0 radical (unpaired) electrons. The molecule has 0 N–H and O–H groups in total. The SMILES string of the molecule is Cc1ccc(C2=NN(c3ccc(OCc4ccccc4)cc3)C(=O)C2)cc1. The van der Waals surface area contributed by atoms with Crippen molar-refractivity contribution >= 4 is 17.3 Å². The van der Waals surface area contributed by atoms with Gasteiger partial charge in [-0.25, -0.2) is 5.01 Å². The normalized spacial score (nSPS) is 13.6. The molecule has 4 rings (SSSR count). The Labute approximate surface area is 158 Å². The molecule has 27 heavy (non-hydrogen) atoms. The predicted molar refractivity (Wildman–Crippen MR) is 107 cm³/mol. The molecule has 4 nitrogen and oxygen atoms in total. The van der Waals surface area contributed by atoms with Crippen molar-refractivity contribution in [3.8, 4) is 5.75 Å². The Bertz CT molecular complexity index is 962. The average molecular weight is 356 g/mol. The second-order valence-corrected chi connectivity index (χ2v) is 6.56. The number of nitrogens with zero attached hydrogens (tertiary/aromatic N) is 2. The van der Waals surface area contributed by atoms with Crippen LogP contribution in [-0.2, 0) is 11.4 Å². The molecule has 1 amide bonds. The van der Waals surface area contributed by atoms with Crippen LogP contribution in [0.1, 0.15) is 23.1 Å². The van der Waals surface area contributed by atoms with Crippen molar-refractivity contribution in [1.29, 1.82) is 0 Å². The summed E-state index contributed by atoms with van der Waals surface area (Å²) in [5, 5.41) is 5.99. The Balaban J connectivity index is 1.46. The number of benzene rings is 3. The van der Waals surface area contributed by atoms with E-state index in [1.165, 1.54) is 10.6 Å². The molecule has 1 aliphatic heterocycles. The summed E-state index contributed by atoms with van der Waals surface area (Å²) in [5.74, 6) is 0.737. The number of hydrogen-bond donors (Lipinski definition) is 0. The van der Waals surface area contributed by atoms with Crippen LogP contribution in [0.15, 0.2) is 84.0 Å². The largest absolute Gasteiger partial charge is 0.489 e. The molecule has 3 aromatic rings. The molecule has 3 aromatic carbocycles. The highest BCUT2D eigenvalue weighted by Crippen LogP contribution is 2.25. The van der Waals surface area contributed by atoms with Crippen molar-refractivity contribution in [2.75, 3.05) is 5.01 Å². The lowest BCUT2D eigenvalue weighted by Gasteiger charge is -2.12. The van der Waals surface area contributed by atoms with Gasteiger partial charge in [0, 0.05) is 0 Å². The molecule has 0 aliphatic carbocycles. The third kappa shape index (κ3) is 3.90. The predicted octanol–water partition coefficient (Wildman–Crippen LogP) is 4.72. The fourth-order valence-electron chi connectivity index (χ4n) is 2.96. The van der Waals surface area contributed by atoms with Gasteiger partial charge < -0.3 is 4.74 Å². The van der Waals surface area contributed by atoms with Crippen LogP contribution in [0, 0.1) is 6.92 Å². The Morgan fingerprint density at radius 1 is 0.926 bits per heavy atom. The number of amides is 1. The van der Waals surface area contributed by atoms with Gasteiger partial charge in [0.25, 0.3) is 5.91 Å². The third-order valence-electron chi connectivity index (χ3n) is 4.49. The van der Waals surface area contributed by atoms with E-state index in [0.717, 1.165) is 28.3 Å². The lowest BCUT2D eigenvalue weighted by atomic mass is 10.1. The highest BCUT2D eigenvalue weighted by Gasteiger charge is 2.26. The zero-order valence-corrected chi connectivity index (χ0v) is 15.1. The highest BCUT2D eigenvalue weighted by molar-refractivity contribution is 6.19. The van der Waals surface area contributed by atoms with Crippen LogP contribution in [0.4, 0.5) is 5.69 Å². The molecule has 1 heterocycles. The standard InChI is InChI=1S/C23H20N2O2/c1-17-7-9-19(10-8-17)22-15-23(26)25(24-22)20-11-13-21(14-12-20)27-16-18-5-3-2-4-6-18/h2-14H,15-16H2,1H3. The third-order valence-corrected chi connectivity index (χ3v) is 4.49. The van der Waals surface area contributed by atoms with Crippen LogP contribution in [0.3, 0.4) is 0 Å². The highest BCUT2D eigenvalue weighted by atomic mass is 16.5. The van der Waals surface area contributed by atoms with Crippen LogP contribution >= 0.6 is 0 Å². The molecule has 0 saturated carbocycles. The minimum atomic E-state index is -0.0245. The number of hydrazone groups is 1. The van der Waals surface area contributed by atoms with Crippen molar-refractivity contribution in [3.63, 3.8) is 0 Å². The molecule has 0 spiro atoms. The molecule has 0 saturated heterocycles. The van der Waals surface area contributed by atoms with Crippen LogP contribution in [0.25, 0.3) is 0 Å². The Hall–Kier alpha value is -3.40. The van der Waals surface area contributed by atoms with Crippen LogP contribution < -0.4 is 9.75 Å². The van der Waals surface area contributed by atoms with E-state index in [1.54, 1.807) is 0 Å². The van der Waals surface area contributed by atoms with E-state index in [2.05, 4.69) is 5.10 Å². The molecule has 134 valence electrons. The van der Waals surface area contributed by atoms with Gasteiger partial charge in [-0.15, -0.1) is 0 Å². The van der Waals surface area contributed by atoms with Crippen molar-refractivity contribution in [2.45, 2.75) is 20.0 Å². The molecular weight excluding hydrogens is 336 g/mol. The molecule has 0 fully saturated rings. The smallest absolute Gasteiger partial charge is 0.253 e. The minimum Gasteiger partial charge on any atom is -0.489 e. The lowest BCUT2D eigenvalue weighted by molar-refractivity contribution is -0.116. The number of ether oxygens (including phenoxy) is 1. The maximum absolute atomic E-state index is 12.4. The van der Waals surface area contributed by atoms with E-state index in [4.69, 9.17) is 4.74 Å². The molecule has 0 atom stereocenters. The number of anilines is 1. The Kier molecular flexibility index (Phi) is 4.71. The van der Waals surface area contributed by atoms with E-state index in [0.29, 0.717) is 13.0 Å². The van der Waals surface area contributed by atoms with Gasteiger partial charge in [-0.2, -0.15) is 5.10 Å². The maximum atomic E-state index is 12.4. The van der Waals surface area contributed by atoms with Gasteiger partial charge in [-0.1, -0.05) is 60.2 Å². The topological polar surface area (TPSA) is 41.9 Å². The zero-order chi connectivity index (χ0) is 18.6. The van der Waals surface area contributed by atoms with E-state index in [9.17, 15) is 4.79 Å². The number of hydrogen-bond acceptors (Lipinski definition) is 3. The van der Waals surface area contributed by atoms with Crippen molar-refractivity contribution < 1.29 is 9.53 Å². The summed E-state index contributed by atoms with van der Waals surface area (Å²) in [6.45, 7) is 2.55. The number of carbonyl (C=O) groups is 1. The Morgan fingerprint density at radius 2 is 1.63 bits per heavy atom. The van der Waals surface area contributed by atoms with Crippen molar-refractivity contribution in [3.05, 3.63) is 95.6 Å². The van der Waals surface area contributed by atoms with Crippen LogP contribution in [0.2, 0.25) is 0 Å². The average Bonchev–Trinajstić information content (AvgIpc) is 3.10. The summed E-state index contributed by atoms with van der Waals surface area (Å²) in [7, 11) is 0. The fourth-order valence-corrected chi connectivity index (χ4v) is 2.96. The van der Waals surface area contributed by atoms with Gasteiger partial charge >= 0.3 is 0 Å². The minimum absolute atomic E-state index is 0.0245. The molecule has 0 aromatic heterocycles. The lowest BCUT2D eigenvalue weighted by Crippen LogP contribution is -2.19. The maximum Gasteiger partial charge on any atom is 0.253 e.